The first-order valence-corrected chi connectivity index (χ1v) is 11.0. The Hall–Kier alpha value is -0.710. The van der Waals surface area contributed by atoms with E-state index in [2.05, 4.69) is 18.0 Å². The molecule has 0 bridgehead atoms. The fourth-order valence-electron chi connectivity index (χ4n) is 3.70. The van der Waals surface area contributed by atoms with Gasteiger partial charge in [-0.05, 0) is 25.8 Å². The Balaban J connectivity index is 1.99. The van der Waals surface area contributed by atoms with Gasteiger partial charge in [-0.3, -0.25) is 0 Å². The molecule has 0 saturated heterocycles. The largest absolute Gasteiger partial charge is 0.626 e. The molecule has 0 radical (unpaired) electrons. The molecule has 0 aromatic rings. The fourth-order valence-corrected chi connectivity index (χ4v) is 3.70. The van der Waals surface area contributed by atoms with E-state index >= 15 is 0 Å². The van der Waals surface area contributed by atoms with Crippen LogP contribution >= 0.6 is 0 Å². The smallest absolute Gasteiger partial charge is 0.186 e. The maximum atomic E-state index is 12.6. The molecule has 0 saturated carbocycles. The molecule has 152 valence electrons. The van der Waals surface area contributed by atoms with Gasteiger partial charge in [0.2, 0.25) is 0 Å². The average molecular weight is 367 g/mol. The molecule has 0 amide bonds. The molecule has 0 aliphatic carbocycles. The third kappa shape index (κ3) is 9.84. The zero-order valence-corrected chi connectivity index (χ0v) is 17.2. The molecule has 4 nitrogen and oxygen atoms in total. The quantitative estimate of drug-likeness (QED) is 0.164. The van der Waals surface area contributed by atoms with Crippen LogP contribution in [0, 0.1) is 5.21 Å². The van der Waals surface area contributed by atoms with E-state index in [1.165, 1.54) is 83.4 Å². The maximum absolute atomic E-state index is 12.6. The van der Waals surface area contributed by atoms with Gasteiger partial charge in [-0.25, -0.2) is 4.99 Å². The molecule has 1 aliphatic rings. The van der Waals surface area contributed by atoms with Gasteiger partial charge in [0.25, 0.3) is 0 Å². The number of rotatable bonds is 16. The average Bonchev–Trinajstić information content (AvgIpc) is 3.05. The number of quaternary nitrogens is 1. The summed E-state index contributed by atoms with van der Waals surface area (Å²) in [6.45, 7) is 4.98. The van der Waals surface area contributed by atoms with Crippen molar-refractivity contribution >= 4 is 6.34 Å². The van der Waals surface area contributed by atoms with E-state index in [-0.39, 0.29) is 0 Å². The molecule has 0 aromatic heterocycles. The van der Waals surface area contributed by atoms with Crippen LogP contribution in [0.2, 0.25) is 0 Å². The van der Waals surface area contributed by atoms with Gasteiger partial charge in [-0.15, -0.1) is 0 Å². The van der Waals surface area contributed by atoms with Gasteiger partial charge >= 0.3 is 0 Å². The van der Waals surface area contributed by atoms with Crippen LogP contribution in [0.3, 0.4) is 0 Å². The van der Waals surface area contributed by atoms with Crippen molar-refractivity contribution < 1.29 is 9.75 Å². The second kappa shape index (κ2) is 14.4. The van der Waals surface area contributed by atoms with Gasteiger partial charge < -0.3 is 15.0 Å². The van der Waals surface area contributed by atoms with Crippen LogP contribution in [0.4, 0.5) is 0 Å². The van der Waals surface area contributed by atoms with E-state index in [1.807, 2.05) is 6.08 Å². The van der Waals surface area contributed by atoms with Crippen LogP contribution in [-0.4, -0.2) is 41.3 Å². The summed E-state index contributed by atoms with van der Waals surface area (Å²) < 4.78 is -0.507. The third-order valence-electron chi connectivity index (χ3n) is 5.41. The first-order chi connectivity index (χ1) is 12.6. The summed E-state index contributed by atoms with van der Waals surface area (Å²) in [7, 11) is 0. The normalized spacial score (nSPS) is 22.3. The highest BCUT2D eigenvalue weighted by molar-refractivity contribution is 5.49. The van der Waals surface area contributed by atoms with Crippen molar-refractivity contribution in [2.24, 2.45) is 4.99 Å². The Morgan fingerprint density at radius 2 is 1.54 bits per heavy atom. The predicted molar refractivity (Wildman–Crippen MR) is 112 cm³/mol. The van der Waals surface area contributed by atoms with Crippen molar-refractivity contribution in [3.63, 3.8) is 0 Å². The molecule has 26 heavy (non-hydrogen) atoms. The Kier molecular flexibility index (Phi) is 12.9. The fraction of sp³-hybridized carbons (Fsp3) is 0.864. The Bertz CT molecular complexity index is 396. The lowest BCUT2D eigenvalue weighted by atomic mass is 10.0. The highest BCUT2D eigenvalue weighted by Gasteiger charge is 2.31. The van der Waals surface area contributed by atoms with Gasteiger partial charge in [-0.2, -0.15) is 0 Å². The van der Waals surface area contributed by atoms with Crippen LogP contribution in [0.1, 0.15) is 97.3 Å². The highest BCUT2D eigenvalue weighted by atomic mass is 16.6. The summed E-state index contributed by atoms with van der Waals surface area (Å²) >= 11 is 0. The van der Waals surface area contributed by atoms with Crippen molar-refractivity contribution in [1.82, 2.24) is 0 Å². The molecular formula is C22H42N2O2. The SMILES string of the molecule is CCCCCCCCCCCCCC/C=C/C(C(C)O)[N+]1([O-])C=NCC1. The lowest BCUT2D eigenvalue weighted by Crippen LogP contribution is -2.52. The van der Waals surface area contributed by atoms with E-state index in [4.69, 9.17) is 0 Å². The number of hydrogen-bond acceptors (Lipinski definition) is 3. The summed E-state index contributed by atoms with van der Waals surface area (Å²) in [6.07, 6.45) is 22.1. The first kappa shape index (κ1) is 23.3. The van der Waals surface area contributed by atoms with Crippen LogP contribution in [0.15, 0.2) is 17.1 Å². The Morgan fingerprint density at radius 3 is 2.00 bits per heavy atom. The molecule has 1 N–H and O–H groups in total. The summed E-state index contributed by atoms with van der Waals surface area (Å²) in [5, 5.41) is 22.5. The molecule has 0 aromatic carbocycles. The van der Waals surface area contributed by atoms with Crippen LogP contribution in [-0.2, 0) is 0 Å². The lowest BCUT2D eigenvalue weighted by molar-refractivity contribution is -0.800. The standard InChI is InChI=1S/C22H42N2O2/c1-3-4-5-6-7-8-9-10-11-12-13-14-15-16-17-22(21(2)25)24(26)19-18-23-20-24/h16-17,20-22,25H,3-15,18-19H2,1-2H3/b17-16+. The number of aliphatic hydroxyl groups excluding tert-OH is 1. The number of hydrogen-bond donors (Lipinski definition) is 1. The minimum Gasteiger partial charge on any atom is -0.626 e. The van der Waals surface area contributed by atoms with Crippen molar-refractivity contribution in [2.75, 3.05) is 13.1 Å². The molecule has 0 spiro atoms. The molecule has 3 unspecified atom stereocenters. The monoisotopic (exact) mass is 366 g/mol. The number of nitrogens with zero attached hydrogens (tertiary/aromatic N) is 2. The van der Waals surface area contributed by atoms with E-state index in [1.54, 1.807) is 6.92 Å². The van der Waals surface area contributed by atoms with Crippen molar-refractivity contribution in [1.29, 1.82) is 0 Å². The molecule has 0 fully saturated rings. The summed E-state index contributed by atoms with van der Waals surface area (Å²) in [4.78, 5) is 4.05. The molecule has 1 rings (SSSR count). The summed E-state index contributed by atoms with van der Waals surface area (Å²) in [6, 6.07) is -0.418. The Morgan fingerprint density at radius 1 is 1.00 bits per heavy atom. The van der Waals surface area contributed by atoms with Crippen LogP contribution in [0.5, 0.6) is 0 Å². The predicted octanol–water partition coefficient (Wildman–Crippen LogP) is 5.74. The minimum absolute atomic E-state index is 0.418. The molecule has 3 atom stereocenters. The summed E-state index contributed by atoms with van der Waals surface area (Å²) in [5.74, 6) is 0. The third-order valence-corrected chi connectivity index (χ3v) is 5.41. The second-order valence-electron chi connectivity index (χ2n) is 7.94. The second-order valence-corrected chi connectivity index (χ2v) is 7.94. The first-order valence-electron chi connectivity index (χ1n) is 11.0. The van der Waals surface area contributed by atoms with Gasteiger partial charge in [0.05, 0.1) is 6.54 Å². The van der Waals surface area contributed by atoms with Gasteiger partial charge in [0, 0.05) is 0 Å². The highest BCUT2D eigenvalue weighted by Crippen LogP contribution is 2.19. The number of aliphatic hydroxyl groups is 1. The number of aliphatic imine (C=N–C) groups is 1. The van der Waals surface area contributed by atoms with Crippen molar-refractivity contribution in [3.8, 4) is 0 Å². The zero-order valence-electron chi connectivity index (χ0n) is 17.2. The number of hydroxylamine groups is 3. The number of unbranched alkanes of at least 4 members (excludes halogenated alkanes) is 12. The van der Waals surface area contributed by atoms with Crippen LogP contribution in [0.25, 0.3) is 0 Å². The van der Waals surface area contributed by atoms with Gasteiger partial charge in [0.15, 0.2) is 6.34 Å². The molecule has 1 aliphatic heterocycles. The molecular weight excluding hydrogens is 324 g/mol. The van der Waals surface area contributed by atoms with Gasteiger partial charge in [0.1, 0.15) is 18.7 Å². The summed E-state index contributed by atoms with van der Waals surface area (Å²) in [5.41, 5.74) is 0. The van der Waals surface area contributed by atoms with Crippen molar-refractivity contribution in [2.45, 2.75) is 109 Å². The zero-order chi connectivity index (χ0) is 19.1. The molecule has 4 heteroatoms. The molecule has 1 heterocycles. The number of allylic oxidation sites excluding steroid dienone is 1. The van der Waals surface area contributed by atoms with Gasteiger partial charge in [-0.1, -0.05) is 83.6 Å². The maximum Gasteiger partial charge on any atom is 0.186 e. The van der Waals surface area contributed by atoms with E-state index < -0.39 is 16.8 Å². The topological polar surface area (TPSA) is 55.6 Å². The van der Waals surface area contributed by atoms with E-state index in [0.717, 1.165) is 6.42 Å². The van der Waals surface area contributed by atoms with E-state index in [0.29, 0.717) is 13.1 Å². The van der Waals surface area contributed by atoms with E-state index in [9.17, 15) is 10.3 Å². The Labute approximate surface area is 161 Å². The van der Waals surface area contributed by atoms with Crippen molar-refractivity contribution in [3.05, 3.63) is 17.4 Å². The minimum atomic E-state index is -0.643. The lowest BCUT2D eigenvalue weighted by Gasteiger charge is -2.41. The van der Waals surface area contributed by atoms with Crippen LogP contribution < -0.4 is 0 Å².